The quantitative estimate of drug-likeness (QED) is 0.0387. The van der Waals surface area contributed by atoms with Crippen LogP contribution in [0.5, 0.6) is 11.5 Å². The van der Waals surface area contributed by atoms with Gasteiger partial charge in [0.15, 0.2) is 11.6 Å². The van der Waals surface area contributed by atoms with Crippen molar-refractivity contribution in [2.24, 2.45) is 0 Å². The summed E-state index contributed by atoms with van der Waals surface area (Å²) in [4.78, 5) is 91.7. The lowest BCUT2D eigenvalue weighted by Gasteiger charge is -2.19. The Morgan fingerprint density at radius 1 is 0.573 bits per heavy atom. The number of ether oxygens (including phenoxy) is 7. The number of hydrogen-bond acceptors (Lipinski definition) is 24. The predicted molar refractivity (Wildman–Crippen MR) is 284 cm³/mol. The summed E-state index contributed by atoms with van der Waals surface area (Å²) in [6.45, 7) is 5.13. The van der Waals surface area contributed by atoms with Gasteiger partial charge >= 0.3 is 18.3 Å². The van der Waals surface area contributed by atoms with Crippen LogP contribution >= 0.6 is 0 Å². The van der Waals surface area contributed by atoms with Gasteiger partial charge in [-0.25, -0.2) is 14.4 Å². The molecule has 2 aromatic heterocycles. The highest BCUT2D eigenvalue weighted by Crippen LogP contribution is 2.22. The van der Waals surface area contributed by atoms with E-state index < -0.39 is 30.2 Å². The number of carbonyl (C=O) groups is 7. The third-order valence-corrected chi connectivity index (χ3v) is 11.1. The van der Waals surface area contributed by atoms with E-state index >= 15 is 0 Å². The first-order chi connectivity index (χ1) is 39.8. The van der Waals surface area contributed by atoms with Crippen molar-refractivity contribution in [1.82, 2.24) is 55.7 Å². The standard InChI is InChI=1S/C29H31N7O10.C24H28N6O6/c1-3-35(28(40)45-22-9-7-19(8-10-22)17-44-29(41)46-36-25(38)11-12-26(36)39)16-23-31-33-27(34-32-23)20-5-4-6-21(15-20)30-24(37)18-43-14-13-42-2;1-3-30(24(33)36-20-9-7-17(15-31)8-10-20)14-21-26-28-23(29-27-21)18-5-4-6-19(13-18)25-22(32)16-35-12-11-34-2/h4-10,15H,3,11-14,16-18H2,1-2H3,(H,30,37);4-10,13,31H,3,11-12,14-16H2,1-2H3,(H,25,32). The number of hydroxylamine groups is 2. The van der Waals surface area contributed by atoms with Crippen LogP contribution in [-0.2, 0) is 74.0 Å². The molecule has 0 aliphatic carbocycles. The van der Waals surface area contributed by atoms with Gasteiger partial charge in [0.05, 0.1) is 46.1 Å². The van der Waals surface area contributed by atoms with Crippen LogP contribution in [0.3, 0.4) is 0 Å². The number of nitrogens with one attached hydrogen (secondary N) is 2. The Balaban J connectivity index is 0.000000272. The van der Waals surface area contributed by atoms with E-state index in [0.29, 0.717) is 77.4 Å². The van der Waals surface area contributed by atoms with E-state index in [0.717, 1.165) is 0 Å². The third-order valence-electron chi connectivity index (χ3n) is 11.1. The van der Waals surface area contributed by atoms with Crippen molar-refractivity contribution < 1.29 is 76.7 Å². The Morgan fingerprint density at radius 2 is 1.00 bits per heavy atom. The van der Waals surface area contributed by atoms with Gasteiger partial charge in [-0.3, -0.25) is 24.0 Å². The molecule has 1 aliphatic heterocycles. The number of amides is 6. The number of benzene rings is 4. The summed E-state index contributed by atoms with van der Waals surface area (Å²) in [5.41, 5.74) is 3.49. The number of nitrogens with zero attached hydrogens (tertiary/aromatic N) is 11. The number of carbonyl (C=O) groups excluding carboxylic acids is 7. The Hall–Kier alpha value is -9.55. The molecule has 1 aliphatic rings. The third kappa shape index (κ3) is 20.0. The normalized spacial score (nSPS) is 11.7. The molecule has 1 fully saturated rings. The van der Waals surface area contributed by atoms with Crippen LogP contribution in [0.2, 0.25) is 0 Å². The van der Waals surface area contributed by atoms with Crippen LogP contribution in [0.4, 0.5) is 25.8 Å². The maximum atomic E-state index is 12.8. The first-order valence-electron chi connectivity index (χ1n) is 25.3. The number of anilines is 2. The second-order valence-corrected chi connectivity index (χ2v) is 17.1. The summed E-state index contributed by atoms with van der Waals surface area (Å²) in [6.07, 6.45) is -2.50. The van der Waals surface area contributed by atoms with Crippen molar-refractivity contribution in [3.8, 4) is 34.3 Å². The van der Waals surface area contributed by atoms with E-state index in [1.165, 1.54) is 21.9 Å². The molecule has 3 heterocycles. The van der Waals surface area contributed by atoms with Gasteiger partial charge in [0, 0.05) is 62.7 Å². The highest BCUT2D eigenvalue weighted by molar-refractivity contribution is 6.01. The highest BCUT2D eigenvalue weighted by atomic mass is 16.8. The monoisotopic (exact) mass is 1130 g/mol. The molecule has 29 nitrogen and oxygen atoms in total. The fourth-order valence-corrected chi connectivity index (χ4v) is 6.84. The molecule has 1 saturated heterocycles. The summed E-state index contributed by atoms with van der Waals surface area (Å²) < 4.78 is 35.9. The number of rotatable bonds is 26. The molecular weight excluding hydrogens is 1070 g/mol. The van der Waals surface area contributed by atoms with Gasteiger partial charge in [0.1, 0.15) is 31.3 Å². The van der Waals surface area contributed by atoms with Crippen molar-refractivity contribution >= 4 is 53.3 Å². The smallest absolute Gasteiger partial charge is 0.428 e. The molecule has 0 radical (unpaired) electrons. The number of hydrogen-bond donors (Lipinski definition) is 3. The molecule has 432 valence electrons. The minimum absolute atomic E-state index is 0.0230. The molecular formula is C53H59N13O16. The SMILES string of the molecule is CCN(Cc1nnc(-c2cccc(NC(=O)COCCOC)c2)nn1)C(=O)Oc1ccc(CO)cc1.CCN(Cc1nnc(-c2cccc(NC(=O)COCCOC)c2)nn1)C(=O)Oc1ccc(COC(=O)ON2C(=O)CCC2=O)cc1. The summed E-state index contributed by atoms with van der Waals surface area (Å²) in [7, 11) is 3.10. The average molecular weight is 1130 g/mol. The van der Waals surface area contributed by atoms with Gasteiger partial charge < -0.3 is 58.7 Å². The maximum Gasteiger partial charge on any atom is 0.534 e. The fraction of sp³-hybridized carbons (Fsp3) is 0.340. The Bertz CT molecular complexity index is 3050. The summed E-state index contributed by atoms with van der Waals surface area (Å²) in [5, 5.41) is 47.8. The van der Waals surface area contributed by atoms with Crippen LogP contribution in [0.25, 0.3) is 22.8 Å². The van der Waals surface area contributed by atoms with E-state index in [2.05, 4.69) is 56.3 Å². The lowest BCUT2D eigenvalue weighted by Crippen LogP contribution is -2.33. The van der Waals surface area contributed by atoms with Gasteiger partial charge in [0.2, 0.25) is 23.5 Å². The summed E-state index contributed by atoms with van der Waals surface area (Å²) in [6, 6.07) is 26.5. The van der Waals surface area contributed by atoms with Crippen LogP contribution in [0.15, 0.2) is 97.1 Å². The zero-order chi connectivity index (χ0) is 58.6. The molecule has 0 unspecified atom stereocenters. The van der Waals surface area contributed by atoms with Gasteiger partial charge in [-0.1, -0.05) is 53.6 Å². The molecule has 0 saturated carbocycles. The van der Waals surface area contributed by atoms with Gasteiger partial charge in [-0.15, -0.1) is 40.8 Å². The molecule has 6 aromatic rings. The fourth-order valence-electron chi connectivity index (χ4n) is 6.84. The van der Waals surface area contributed by atoms with Crippen LogP contribution in [0.1, 0.15) is 49.5 Å². The average Bonchev–Trinajstić information content (AvgIpc) is 3.83. The van der Waals surface area contributed by atoms with E-state index in [1.54, 1.807) is 113 Å². The van der Waals surface area contributed by atoms with E-state index in [-0.39, 0.29) is 99.8 Å². The van der Waals surface area contributed by atoms with Gasteiger partial charge in [0.25, 0.3) is 11.8 Å². The molecule has 4 aromatic carbocycles. The molecule has 0 spiro atoms. The Kier molecular flexibility index (Phi) is 24.4. The lowest BCUT2D eigenvalue weighted by molar-refractivity contribution is -0.177. The van der Waals surface area contributed by atoms with Crippen molar-refractivity contribution in [2.75, 3.05) is 77.6 Å². The largest absolute Gasteiger partial charge is 0.534 e. The van der Waals surface area contributed by atoms with Gasteiger partial charge in [-0.2, -0.15) is 0 Å². The van der Waals surface area contributed by atoms with Crippen molar-refractivity contribution in [3.63, 3.8) is 0 Å². The van der Waals surface area contributed by atoms with E-state index in [9.17, 15) is 33.6 Å². The van der Waals surface area contributed by atoms with Gasteiger partial charge in [-0.05, 0) is 73.5 Å². The van der Waals surface area contributed by atoms with E-state index in [4.69, 9.17) is 38.3 Å². The second-order valence-electron chi connectivity index (χ2n) is 17.1. The number of methoxy groups -OCH3 is 2. The zero-order valence-electron chi connectivity index (χ0n) is 45.1. The molecule has 0 bridgehead atoms. The zero-order valence-corrected chi connectivity index (χ0v) is 45.1. The molecule has 6 amide bonds. The number of imide groups is 1. The first kappa shape index (κ1) is 61.7. The van der Waals surface area contributed by atoms with Crippen molar-refractivity contribution in [3.05, 3.63) is 120 Å². The van der Waals surface area contributed by atoms with Crippen LogP contribution < -0.4 is 20.1 Å². The minimum atomic E-state index is -1.20. The maximum absolute atomic E-state index is 12.8. The molecule has 29 heteroatoms. The molecule has 3 N–H and O–H groups in total. The van der Waals surface area contributed by atoms with Crippen molar-refractivity contribution in [1.29, 1.82) is 0 Å². The Morgan fingerprint density at radius 3 is 1.40 bits per heavy atom. The van der Waals surface area contributed by atoms with Crippen LogP contribution in [-0.4, -0.2) is 170 Å². The molecule has 7 rings (SSSR count). The first-order valence-corrected chi connectivity index (χ1v) is 25.3. The number of aliphatic hydroxyl groups excluding tert-OH is 1. The topological polar surface area (TPSA) is 350 Å². The minimum Gasteiger partial charge on any atom is -0.428 e. The number of aromatic nitrogens is 8. The lowest BCUT2D eigenvalue weighted by atomic mass is 10.2. The van der Waals surface area contributed by atoms with E-state index in [1.807, 2.05) is 0 Å². The highest BCUT2D eigenvalue weighted by Gasteiger charge is 2.33. The molecule has 82 heavy (non-hydrogen) atoms. The molecule has 0 atom stereocenters. The summed E-state index contributed by atoms with van der Waals surface area (Å²) >= 11 is 0. The Labute approximate surface area is 469 Å². The van der Waals surface area contributed by atoms with Crippen LogP contribution in [0, 0.1) is 0 Å². The second kappa shape index (κ2) is 32.5. The van der Waals surface area contributed by atoms with Crippen molar-refractivity contribution in [2.45, 2.75) is 53.0 Å². The summed E-state index contributed by atoms with van der Waals surface area (Å²) in [5.74, 6) is -0.369. The number of aliphatic hydroxyl groups is 1. The predicted octanol–water partition coefficient (Wildman–Crippen LogP) is 4.32.